The molecule has 0 saturated heterocycles. The molecule has 62 valence electrons. The SMILES string of the molecule is CC.CCNC(=NC)NC. The Morgan fingerprint density at radius 1 is 1.40 bits per heavy atom. The number of nitrogens with zero attached hydrogens (tertiary/aromatic N) is 1. The molecular formula is C7H19N3. The number of hydrogen-bond acceptors (Lipinski definition) is 1. The van der Waals surface area contributed by atoms with E-state index < -0.39 is 0 Å². The summed E-state index contributed by atoms with van der Waals surface area (Å²) in [6, 6.07) is 0. The maximum atomic E-state index is 3.89. The van der Waals surface area contributed by atoms with Crippen LogP contribution >= 0.6 is 0 Å². The van der Waals surface area contributed by atoms with Gasteiger partial charge in [0.2, 0.25) is 0 Å². The summed E-state index contributed by atoms with van der Waals surface area (Å²) in [5, 5.41) is 5.91. The fourth-order valence-corrected chi connectivity index (χ4v) is 0.447. The molecule has 0 aliphatic heterocycles. The predicted molar refractivity (Wildman–Crippen MR) is 47.4 cm³/mol. The largest absolute Gasteiger partial charge is 0.359 e. The van der Waals surface area contributed by atoms with Crippen LogP contribution in [0.2, 0.25) is 0 Å². The zero-order valence-corrected chi connectivity index (χ0v) is 7.65. The molecule has 0 aromatic rings. The van der Waals surface area contributed by atoms with Crippen LogP contribution in [0.3, 0.4) is 0 Å². The van der Waals surface area contributed by atoms with Crippen molar-refractivity contribution in [2.75, 3.05) is 20.6 Å². The van der Waals surface area contributed by atoms with Gasteiger partial charge in [-0.3, -0.25) is 4.99 Å². The van der Waals surface area contributed by atoms with Crippen molar-refractivity contribution in [3.8, 4) is 0 Å². The number of rotatable bonds is 1. The Morgan fingerprint density at radius 3 is 2.00 bits per heavy atom. The van der Waals surface area contributed by atoms with E-state index in [9.17, 15) is 0 Å². The summed E-state index contributed by atoms with van der Waals surface area (Å²) in [4.78, 5) is 3.89. The summed E-state index contributed by atoms with van der Waals surface area (Å²) in [5.74, 6) is 0.840. The van der Waals surface area contributed by atoms with Gasteiger partial charge in [-0.15, -0.1) is 0 Å². The number of guanidine groups is 1. The average Bonchev–Trinajstić information content (AvgIpc) is 2.04. The molecule has 0 atom stereocenters. The first-order valence-electron chi connectivity index (χ1n) is 3.73. The third-order valence-electron chi connectivity index (χ3n) is 0.805. The molecule has 0 fully saturated rings. The molecule has 0 aromatic carbocycles. The van der Waals surface area contributed by atoms with Gasteiger partial charge in [0.15, 0.2) is 5.96 Å². The third kappa shape index (κ3) is 7.27. The summed E-state index contributed by atoms with van der Waals surface area (Å²) in [6.07, 6.45) is 0. The monoisotopic (exact) mass is 145 g/mol. The van der Waals surface area contributed by atoms with Gasteiger partial charge in [-0.05, 0) is 6.92 Å². The zero-order chi connectivity index (χ0) is 8.41. The van der Waals surface area contributed by atoms with Crippen LogP contribution < -0.4 is 10.6 Å². The first kappa shape index (κ1) is 12.0. The highest BCUT2D eigenvalue weighted by molar-refractivity contribution is 5.79. The van der Waals surface area contributed by atoms with Gasteiger partial charge in [0, 0.05) is 20.6 Å². The van der Waals surface area contributed by atoms with Crippen molar-refractivity contribution in [2.45, 2.75) is 20.8 Å². The Labute approximate surface area is 63.9 Å². The van der Waals surface area contributed by atoms with E-state index in [4.69, 9.17) is 0 Å². The second-order valence-electron chi connectivity index (χ2n) is 1.35. The van der Waals surface area contributed by atoms with Gasteiger partial charge in [-0.1, -0.05) is 13.8 Å². The maximum absolute atomic E-state index is 3.89. The van der Waals surface area contributed by atoms with Crippen LogP contribution in [-0.2, 0) is 0 Å². The summed E-state index contributed by atoms with van der Waals surface area (Å²) in [6.45, 7) is 6.94. The van der Waals surface area contributed by atoms with E-state index in [2.05, 4.69) is 15.6 Å². The van der Waals surface area contributed by atoms with E-state index >= 15 is 0 Å². The quantitative estimate of drug-likeness (QED) is 0.423. The number of aliphatic imine (C=N–C) groups is 1. The van der Waals surface area contributed by atoms with Crippen molar-refractivity contribution in [3.05, 3.63) is 0 Å². The second-order valence-corrected chi connectivity index (χ2v) is 1.35. The molecule has 0 amide bonds. The van der Waals surface area contributed by atoms with Crippen LogP contribution in [-0.4, -0.2) is 26.6 Å². The molecule has 2 N–H and O–H groups in total. The molecule has 0 aliphatic rings. The molecule has 0 rings (SSSR count). The van der Waals surface area contributed by atoms with E-state index in [-0.39, 0.29) is 0 Å². The Balaban J connectivity index is 0. The molecule has 0 aliphatic carbocycles. The molecule has 3 heteroatoms. The van der Waals surface area contributed by atoms with Gasteiger partial charge >= 0.3 is 0 Å². The number of hydrogen-bond donors (Lipinski definition) is 2. The lowest BCUT2D eigenvalue weighted by Gasteiger charge is -2.03. The normalized spacial score (nSPS) is 9.50. The van der Waals surface area contributed by atoms with Crippen molar-refractivity contribution in [1.82, 2.24) is 10.6 Å². The number of nitrogens with one attached hydrogen (secondary N) is 2. The highest BCUT2D eigenvalue weighted by atomic mass is 15.1. The summed E-state index contributed by atoms with van der Waals surface area (Å²) in [5.41, 5.74) is 0. The maximum Gasteiger partial charge on any atom is 0.190 e. The van der Waals surface area contributed by atoms with E-state index in [1.54, 1.807) is 7.05 Å². The highest BCUT2D eigenvalue weighted by Crippen LogP contribution is 1.60. The van der Waals surface area contributed by atoms with Crippen LogP contribution in [0.1, 0.15) is 20.8 Å². The van der Waals surface area contributed by atoms with Crippen molar-refractivity contribution >= 4 is 5.96 Å². The Bertz CT molecular complexity index is 78.9. The van der Waals surface area contributed by atoms with E-state index in [1.807, 2.05) is 27.8 Å². The van der Waals surface area contributed by atoms with Crippen molar-refractivity contribution < 1.29 is 0 Å². The molecule has 0 heterocycles. The standard InChI is InChI=1S/C5H13N3.C2H6/c1-4-8-5(6-2)7-3;1-2/h4H2,1-3H3,(H2,6,7,8);1-2H3. The molecule has 0 bridgehead atoms. The first-order valence-corrected chi connectivity index (χ1v) is 3.73. The third-order valence-corrected chi connectivity index (χ3v) is 0.805. The molecule has 0 spiro atoms. The lowest BCUT2D eigenvalue weighted by molar-refractivity contribution is 0.905. The summed E-state index contributed by atoms with van der Waals surface area (Å²) < 4.78 is 0. The molecule has 10 heavy (non-hydrogen) atoms. The molecule has 0 aromatic heterocycles. The molecule has 0 radical (unpaired) electrons. The zero-order valence-electron chi connectivity index (χ0n) is 7.65. The van der Waals surface area contributed by atoms with Gasteiger partial charge in [0.1, 0.15) is 0 Å². The predicted octanol–water partition coefficient (Wildman–Crippen LogP) is 0.827. The molecular weight excluding hydrogens is 126 g/mol. The van der Waals surface area contributed by atoms with Crippen molar-refractivity contribution in [1.29, 1.82) is 0 Å². The smallest absolute Gasteiger partial charge is 0.190 e. The summed E-state index contributed by atoms with van der Waals surface area (Å²) in [7, 11) is 3.58. The Kier molecular flexibility index (Phi) is 13.3. The van der Waals surface area contributed by atoms with Crippen LogP contribution in [0.4, 0.5) is 0 Å². The Hall–Kier alpha value is -0.730. The van der Waals surface area contributed by atoms with Crippen molar-refractivity contribution in [2.24, 2.45) is 4.99 Å². The Morgan fingerprint density at radius 2 is 1.90 bits per heavy atom. The van der Waals surface area contributed by atoms with E-state index in [1.165, 1.54) is 0 Å². The minimum absolute atomic E-state index is 0.840. The first-order chi connectivity index (χ1) is 4.85. The van der Waals surface area contributed by atoms with Gasteiger partial charge in [0.05, 0.1) is 0 Å². The summed E-state index contributed by atoms with van der Waals surface area (Å²) >= 11 is 0. The van der Waals surface area contributed by atoms with E-state index in [0.717, 1.165) is 12.5 Å². The molecule has 3 nitrogen and oxygen atoms in total. The van der Waals surface area contributed by atoms with Crippen molar-refractivity contribution in [3.63, 3.8) is 0 Å². The van der Waals surface area contributed by atoms with Crippen LogP contribution in [0.25, 0.3) is 0 Å². The minimum atomic E-state index is 0.840. The topological polar surface area (TPSA) is 36.4 Å². The minimum Gasteiger partial charge on any atom is -0.359 e. The molecule has 0 unspecified atom stereocenters. The van der Waals surface area contributed by atoms with Crippen LogP contribution in [0.5, 0.6) is 0 Å². The molecule has 0 saturated carbocycles. The fourth-order valence-electron chi connectivity index (χ4n) is 0.447. The van der Waals surface area contributed by atoms with Gasteiger partial charge in [-0.2, -0.15) is 0 Å². The van der Waals surface area contributed by atoms with Crippen LogP contribution in [0.15, 0.2) is 4.99 Å². The average molecular weight is 145 g/mol. The lowest BCUT2D eigenvalue weighted by atomic mass is 10.7. The lowest BCUT2D eigenvalue weighted by Crippen LogP contribution is -2.34. The van der Waals surface area contributed by atoms with E-state index in [0.29, 0.717) is 0 Å². The highest BCUT2D eigenvalue weighted by Gasteiger charge is 1.84. The van der Waals surface area contributed by atoms with Gasteiger partial charge < -0.3 is 10.6 Å². The fraction of sp³-hybridized carbons (Fsp3) is 0.857. The van der Waals surface area contributed by atoms with Gasteiger partial charge in [0.25, 0.3) is 0 Å². The van der Waals surface area contributed by atoms with Gasteiger partial charge in [-0.25, -0.2) is 0 Å². The second kappa shape index (κ2) is 11.1. The van der Waals surface area contributed by atoms with Crippen LogP contribution in [0, 0.1) is 0 Å².